The Kier molecular flexibility index (Phi) is 6.25. The summed E-state index contributed by atoms with van der Waals surface area (Å²) in [4.78, 5) is 25.0. The molecule has 2 amide bonds. The maximum absolute atomic E-state index is 13.0. The molecule has 6 rings (SSSR count). The van der Waals surface area contributed by atoms with E-state index >= 15 is 0 Å². The lowest BCUT2D eigenvalue weighted by molar-refractivity contribution is -0.0834. The molecule has 2 saturated carbocycles. The van der Waals surface area contributed by atoms with Crippen LogP contribution in [-0.2, 0) is 0 Å². The molecule has 1 aromatic carbocycles. The van der Waals surface area contributed by atoms with Gasteiger partial charge in [-0.3, -0.25) is 9.59 Å². The van der Waals surface area contributed by atoms with Crippen LogP contribution in [0.4, 0.5) is 0 Å². The first kappa shape index (κ1) is 25.9. The van der Waals surface area contributed by atoms with Crippen molar-refractivity contribution in [2.75, 3.05) is 6.61 Å². The molecule has 208 valence electrons. The standard InChI is InChI=1S/C29H32N6O5/c1-28(2,38)17-39-20-5-7-24-23(15-32-35(24)16-20)27(37)33-18-11-29(12-18)13-21(14-29)40-25-10-19(34-9-3-8-31-34)4-6-22(25)26(30)36/h3-10,15-16,18,21,38H,11-14,17H2,1-2H3,(H2,30,36)(H,33,37). The molecule has 2 fully saturated rings. The predicted molar refractivity (Wildman–Crippen MR) is 146 cm³/mol. The second kappa shape index (κ2) is 9.67. The van der Waals surface area contributed by atoms with Gasteiger partial charge in [0.25, 0.3) is 11.8 Å². The molecule has 0 aliphatic heterocycles. The zero-order valence-corrected chi connectivity index (χ0v) is 22.4. The zero-order valence-electron chi connectivity index (χ0n) is 22.4. The van der Waals surface area contributed by atoms with Crippen LogP contribution in [0.5, 0.6) is 11.5 Å². The summed E-state index contributed by atoms with van der Waals surface area (Å²) in [6.07, 6.45) is 10.2. The van der Waals surface area contributed by atoms with Crippen LogP contribution in [0.3, 0.4) is 0 Å². The average Bonchev–Trinajstić information content (AvgIpc) is 3.54. The summed E-state index contributed by atoms with van der Waals surface area (Å²) in [5, 5.41) is 21.5. The Morgan fingerprint density at radius 3 is 2.65 bits per heavy atom. The molecule has 11 nitrogen and oxygen atoms in total. The van der Waals surface area contributed by atoms with Crippen molar-refractivity contribution in [3.63, 3.8) is 0 Å². The van der Waals surface area contributed by atoms with Crippen molar-refractivity contribution in [1.29, 1.82) is 0 Å². The number of pyridine rings is 1. The Bertz CT molecular complexity index is 1560. The normalized spacial score (nSPS) is 22.0. The second-order valence-corrected chi connectivity index (χ2v) is 11.6. The van der Waals surface area contributed by atoms with Crippen LogP contribution in [0, 0.1) is 5.41 Å². The summed E-state index contributed by atoms with van der Waals surface area (Å²) in [6, 6.07) is 10.7. The van der Waals surface area contributed by atoms with Crippen LogP contribution < -0.4 is 20.5 Å². The van der Waals surface area contributed by atoms with Gasteiger partial charge >= 0.3 is 0 Å². The van der Waals surface area contributed by atoms with Gasteiger partial charge in [-0.2, -0.15) is 10.2 Å². The molecule has 0 saturated heterocycles. The number of nitrogens with one attached hydrogen (secondary N) is 1. The van der Waals surface area contributed by atoms with Crippen molar-refractivity contribution in [3.05, 3.63) is 72.3 Å². The van der Waals surface area contributed by atoms with Crippen LogP contribution in [0.2, 0.25) is 0 Å². The highest BCUT2D eigenvalue weighted by atomic mass is 16.5. The van der Waals surface area contributed by atoms with Crippen molar-refractivity contribution in [3.8, 4) is 17.2 Å². The Morgan fingerprint density at radius 1 is 1.15 bits per heavy atom. The number of primary amides is 1. The van der Waals surface area contributed by atoms with E-state index in [1.54, 1.807) is 72.0 Å². The molecular weight excluding hydrogens is 512 g/mol. The second-order valence-electron chi connectivity index (χ2n) is 11.6. The Morgan fingerprint density at radius 2 is 1.95 bits per heavy atom. The minimum atomic E-state index is -0.949. The molecule has 0 unspecified atom stereocenters. The van der Waals surface area contributed by atoms with E-state index in [1.165, 1.54) is 0 Å². The third-order valence-electron chi connectivity index (χ3n) is 7.63. The lowest BCUT2D eigenvalue weighted by Crippen LogP contribution is -2.58. The summed E-state index contributed by atoms with van der Waals surface area (Å²) in [6.45, 7) is 3.49. The van der Waals surface area contributed by atoms with Crippen LogP contribution in [0.15, 0.2) is 61.2 Å². The third kappa shape index (κ3) is 5.12. The number of rotatable bonds is 9. The maximum atomic E-state index is 13.0. The molecule has 4 N–H and O–H groups in total. The number of aromatic nitrogens is 4. The Labute approximate surface area is 230 Å². The minimum Gasteiger partial charge on any atom is -0.489 e. The van der Waals surface area contributed by atoms with Crippen molar-refractivity contribution in [2.45, 2.75) is 57.3 Å². The molecule has 0 bridgehead atoms. The molecule has 3 aromatic heterocycles. The van der Waals surface area contributed by atoms with Gasteiger partial charge in [-0.05, 0) is 75.3 Å². The number of aliphatic hydroxyl groups is 1. The van der Waals surface area contributed by atoms with Gasteiger partial charge in [0, 0.05) is 24.5 Å². The summed E-state index contributed by atoms with van der Waals surface area (Å²) < 4.78 is 15.1. The van der Waals surface area contributed by atoms with E-state index in [0.717, 1.165) is 31.4 Å². The number of carbonyl (C=O) groups is 2. The monoisotopic (exact) mass is 544 g/mol. The highest BCUT2D eigenvalue weighted by Crippen LogP contribution is 2.57. The SMILES string of the molecule is CC(C)(O)COc1ccc2c(C(=O)NC3CC4(C3)CC(Oc3cc(-n5cccn5)ccc3C(N)=O)C4)cnn2c1. The van der Waals surface area contributed by atoms with Crippen LogP contribution in [-0.4, -0.2) is 60.7 Å². The number of amides is 2. The van der Waals surface area contributed by atoms with Gasteiger partial charge < -0.3 is 25.6 Å². The first-order valence-corrected chi connectivity index (χ1v) is 13.3. The van der Waals surface area contributed by atoms with E-state index in [1.807, 2.05) is 12.3 Å². The number of hydrogen-bond donors (Lipinski definition) is 3. The van der Waals surface area contributed by atoms with E-state index in [-0.39, 0.29) is 30.1 Å². The highest BCUT2D eigenvalue weighted by Gasteiger charge is 2.54. The third-order valence-corrected chi connectivity index (χ3v) is 7.63. The molecule has 40 heavy (non-hydrogen) atoms. The molecule has 2 aliphatic rings. The van der Waals surface area contributed by atoms with E-state index in [0.29, 0.717) is 28.1 Å². The summed E-state index contributed by atoms with van der Waals surface area (Å²) in [5.41, 5.74) is 7.09. The Hall–Kier alpha value is -4.38. The van der Waals surface area contributed by atoms with Crippen molar-refractivity contribution >= 4 is 17.3 Å². The van der Waals surface area contributed by atoms with Gasteiger partial charge in [0.15, 0.2) is 0 Å². The van der Waals surface area contributed by atoms with Crippen LogP contribution >= 0.6 is 0 Å². The lowest BCUT2D eigenvalue weighted by Gasteiger charge is -2.57. The first-order valence-electron chi connectivity index (χ1n) is 13.3. The fraction of sp³-hybridized carbons (Fsp3) is 0.379. The molecule has 0 radical (unpaired) electrons. The number of hydrogen-bond acceptors (Lipinski definition) is 7. The minimum absolute atomic E-state index is 0.0185. The molecule has 4 aromatic rings. The Balaban J connectivity index is 1.03. The average molecular weight is 545 g/mol. The number of ether oxygens (including phenoxy) is 2. The highest BCUT2D eigenvalue weighted by molar-refractivity contribution is 6.00. The van der Waals surface area contributed by atoms with Crippen LogP contribution in [0.25, 0.3) is 11.2 Å². The topological polar surface area (TPSA) is 146 Å². The van der Waals surface area contributed by atoms with Crippen molar-refractivity contribution < 1.29 is 24.2 Å². The van der Waals surface area contributed by atoms with Crippen molar-refractivity contribution in [1.82, 2.24) is 24.7 Å². The molecule has 3 heterocycles. The van der Waals surface area contributed by atoms with Gasteiger partial charge in [0.05, 0.1) is 46.4 Å². The van der Waals surface area contributed by atoms with E-state index < -0.39 is 11.5 Å². The molecular formula is C29H32N6O5. The first-order chi connectivity index (χ1) is 19.1. The fourth-order valence-electron chi connectivity index (χ4n) is 5.71. The number of nitrogens with zero attached hydrogens (tertiary/aromatic N) is 4. The number of carbonyl (C=O) groups excluding carboxylic acids is 2. The number of nitrogens with two attached hydrogens (primary N) is 1. The summed E-state index contributed by atoms with van der Waals surface area (Å²) in [5.74, 6) is 0.330. The summed E-state index contributed by atoms with van der Waals surface area (Å²) in [7, 11) is 0. The van der Waals surface area contributed by atoms with Gasteiger partial charge in [-0.25, -0.2) is 9.20 Å². The van der Waals surface area contributed by atoms with E-state index in [4.69, 9.17) is 15.2 Å². The maximum Gasteiger partial charge on any atom is 0.255 e. The molecule has 0 atom stereocenters. The molecule has 2 aliphatic carbocycles. The van der Waals surface area contributed by atoms with E-state index in [9.17, 15) is 14.7 Å². The van der Waals surface area contributed by atoms with E-state index in [2.05, 4.69) is 15.5 Å². The number of benzene rings is 1. The fourth-order valence-corrected chi connectivity index (χ4v) is 5.71. The van der Waals surface area contributed by atoms with Crippen LogP contribution in [0.1, 0.15) is 60.2 Å². The lowest BCUT2D eigenvalue weighted by atomic mass is 9.53. The quantitative estimate of drug-likeness (QED) is 0.294. The zero-order chi connectivity index (χ0) is 28.1. The molecule has 11 heteroatoms. The van der Waals surface area contributed by atoms with Crippen molar-refractivity contribution in [2.24, 2.45) is 11.1 Å². The van der Waals surface area contributed by atoms with Gasteiger partial charge in [0.1, 0.15) is 18.1 Å². The smallest absolute Gasteiger partial charge is 0.255 e. The van der Waals surface area contributed by atoms with Gasteiger partial charge in [-0.1, -0.05) is 0 Å². The number of fused-ring (bicyclic) bond motifs is 1. The largest absolute Gasteiger partial charge is 0.489 e. The summed E-state index contributed by atoms with van der Waals surface area (Å²) >= 11 is 0. The van der Waals surface area contributed by atoms with Gasteiger partial charge in [-0.15, -0.1) is 0 Å². The predicted octanol–water partition coefficient (Wildman–Crippen LogP) is 2.89. The van der Waals surface area contributed by atoms with Gasteiger partial charge in [0.2, 0.25) is 0 Å². The molecule has 1 spiro atoms.